The van der Waals surface area contributed by atoms with Gasteiger partial charge < -0.3 is 10.5 Å². The lowest BCUT2D eigenvalue weighted by molar-refractivity contribution is -0.118. The molecule has 4 nitrogen and oxygen atoms in total. The molecule has 17 heavy (non-hydrogen) atoms. The van der Waals surface area contributed by atoms with Gasteiger partial charge in [0.2, 0.25) is 5.91 Å². The van der Waals surface area contributed by atoms with Gasteiger partial charge in [-0.05, 0) is 27.0 Å². The Bertz CT molecular complexity index is 377. The van der Waals surface area contributed by atoms with Gasteiger partial charge >= 0.3 is 0 Å². The van der Waals surface area contributed by atoms with E-state index >= 15 is 0 Å². The highest BCUT2D eigenvalue weighted by Crippen LogP contribution is 2.20. The number of likely N-dealkylation sites (N-methyl/N-ethyl adjacent to an activating group) is 1. The predicted molar refractivity (Wildman–Crippen MR) is 67.7 cm³/mol. The molecule has 2 N–H and O–H groups in total. The van der Waals surface area contributed by atoms with E-state index in [0.717, 1.165) is 11.3 Å². The number of hydrogen-bond donors (Lipinski definition) is 1. The van der Waals surface area contributed by atoms with Crippen molar-refractivity contribution in [2.75, 3.05) is 13.6 Å². The number of amides is 1. The SMILES string of the molecule is CC(C)Oc1ccccc1CN(C)CC(N)=O. The number of nitrogens with zero attached hydrogens (tertiary/aromatic N) is 1. The first-order chi connectivity index (χ1) is 7.99. The van der Waals surface area contributed by atoms with E-state index in [1.165, 1.54) is 0 Å². The Morgan fingerprint density at radius 2 is 2.06 bits per heavy atom. The van der Waals surface area contributed by atoms with Crippen LogP contribution < -0.4 is 10.5 Å². The summed E-state index contributed by atoms with van der Waals surface area (Å²) >= 11 is 0. The summed E-state index contributed by atoms with van der Waals surface area (Å²) in [6.45, 7) is 4.87. The van der Waals surface area contributed by atoms with Gasteiger partial charge in [0.15, 0.2) is 0 Å². The van der Waals surface area contributed by atoms with Crippen LogP contribution >= 0.6 is 0 Å². The molecule has 0 aliphatic carbocycles. The number of carbonyl (C=O) groups is 1. The zero-order chi connectivity index (χ0) is 12.8. The van der Waals surface area contributed by atoms with Crippen LogP contribution in [0.1, 0.15) is 19.4 Å². The maximum Gasteiger partial charge on any atom is 0.231 e. The molecule has 4 heteroatoms. The number of nitrogens with two attached hydrogens (primary N) is 1. The normalized spacial score (nSPS) is 10.9. The Kier molecular flexibility index (Phi) is 4.97. The number of primary amides is 1. The van der Waals surface area contributed by atoms with Crippen molar-refractivity contribution in [1.82, 2.24) is 4.90 Å². The van der Waals surface area contributed by atoms with E-state index < -0.39 is 0 Å². The van der Waals surface area contributed by atoms with E-state index in [-0.39, 0.29) is 18.6 Å². The average molecular weight is 236 g/mol. The van der Waals surface area contributed by atoms with Crippen LogP contribution in [-0.2, 0) is 11.3 Å². The fourth-order valence-corrected chi connectivity index (χ4v) is 1.62. The second-order valence-corrected chi connectivity index (χ2v) is 4.41. The number of benzene rings is 1. The van der Waals surface area contributed by atoms with Gasteiger partial charge in [-0.15, -0.1) is 0 Å². The van der Waals surface area contributed by atoms with Gasteiger partial charge in [-0.25, -0.2) is 0 Å². The number of hydrogen-bond acceptors (Lipinski definition) is 3. The monoisotopic (exact) mass is 236 g/mol. The van der Waals surface area contributed by atoms with Crippen LogP contribution in [0.5, 0.6) is 5.75 Å². The van der Waals surface area contributed by atoms with Crippen molar-refractivity contribution in [2.24, 2.45) is 5.73 Å². The molecule has 0 aliphatic rings. The smallest absolute Gasteiger partial charge is 0.231 e. The molecule has 0 aromatic heterocycles. The van der Waals surface area contributed by atoms with Crippen molar-refractivity contribution in [3.63, 3.8) is 0 Å². The summed E-state index contributed by atoms with van der Waals surface area (Å²) in [5.41, 5.74) is 6.21. The molecular formula is C13H20N2O2. The zero-order valence-corrected chi connectivity index (χ0v) is 10.6. The lowest BCUT2D eigenvalue weighted by Crippen LogP contribution is -2.30. The molecule has 94 valence electrons. The Morgan fingerprint density at radius 1 is 1.41 bits per heavy atom. The summed E-state index contributed by atoms with van der Waals surface area (Å²) in [5, 5.41) is 0. The Morgan fingerprint density at radius 3 is 2.65 bits per heavy atom. The third kappa shape index (κ3) is 4.87. The minimum absolute atomic E-state index is 0.137. The highest BCUT2D eigenvalue weighted by Gasteiger charge is 2.09. The van der Waals surface area contributed by atoms with E-state index in [4.69, 9.17) is 10.5 Å². The van der Waals surface area contributed by atoms with Crippen molar-refractivity contribution >= 4 is 5.91 Å². The lowest BCUT2D eigenvalue weighted by Gasteiger charge is -2.18. The third-order valence-corrected chi connectivity index (χ3v) is 2.20. The molecule has 1 amide bonds. The maximum atomic E-state index is 10.8. The molecule has 0 saturated carbocycles. The van der Waals surface area contributed by atoms with E-state index in [1.54, 1.807) is 0 Å². The zero-order valence-electron chi connectivity index (χ0n) is 10.6. The maximum absolute atomic E-state index is 10.8. The van der Waals surface area contributed by atoms with Crippen LogP contribution in [0.4, 0.5) is 0 Å². The summed E-state index contributed by atoms with van der Waals surface area (Å²) in [6, 6.07) is 7.83. The van der Waals surface area contributed by atoms with Crippen molar-refractivity contribution in [3.05, 3.63) is 29.8 Å². The van der Waals surface area contributed by atoms with Crippen molar-refractivity contribution in [3.8, 4) is 5.75 Å². The van der Waals surface area contributed by atoms with Crippen LogP contribution in [0.2, 0.25) is 0 Å². The van der Waals surface area contributed by atoms with Crippen LogP contribution in [0.3, 0.4) is 0 Å². The summed E-state index contributed by atoms with van der Waals surface area (Å²) in [7, 11) is 1.86. The topological polar surface area (TPSA) is 55.6 Å². The number of ether oxygens (including phenoxy) is 1. The first-order valence-electron chi connectivity index (χ1n) is 5.70. The van der Waals surface area contributed by atoms with Crippen LogP contribution in [0, 0.1) is 0 Å². The quantitative estimate of drug-likeness (QED) is 0.812. The largest absolute Gasteiger partial charge is 0.491 e. The molecule has 1 aromatic carbocycles. The first kappa shape index (κ1) is 13.5. The van der Waals surface area contributed by atoms with Gasteiger partial charge in [0.25, 0.3) is 0 Å². The van der Waals surface area contributed by atoms with Crippen molar-refractivity contribution in [1.29, 1.82) is 0 Å². The van der Waals surface area contributed by atoms with Gasteiger partial charge in [0.05, 0.1) is 12.6 Å². The first-order valence-corrected chi connectivity index (χ1v) is 5.70. The molecule has 1 aromatic rings. The van der Waals surface area contributed by atoms with E-state index in [9.17, 15) is 4.79 Å². The van der Waals surface area contributed by atoms with Gasteiger partial charge in [-0.2, -0.15) is 0 Å². The summed E-state index contributed by atoms with van der Waals surface area (Å²) < 4.78 is 5.71. The fraction of sp³-hybridized carbons (Fsp3) is 0.462. The molecule has 0 spiro atoms. The highest BCUT2D eigenvalue weighted by atomic mass is 16.5. The lowest BCUT2D eigenvalue weighted by atomic mass is 10.2. The highest BCUT2D eigenvalue weighted by molar-refractivity contribution is 5.75. The summed E-state index contributed by atoms with van der Waals surface area (Å²) in [6.07, 6.45) is 0.137. The Balaban J connectivity index is 2.72. The van der Waals surface area contributed by atoms with E-state index in [2.05, 4.69) is 0 Å². The Labute approximate surface area is 102 Å². The van der Waals surface area contributed by atoms with E-state index in [0.29, 0.717) is 6.54 Å². The molecule has 0 fully saturated rings. The summed E-state index contributed by atoms with van der Waals surface area (Å²) in [4.78, 5) is 12.7. The molecular weight excluding hydrogens is 216 g/mol. The number of carbonyl (C=O) groups excluding carboxylic acids is 1. The van der Waals surface area contributed by atoms with Gasteiger partial charge in [-0.3, -0.25) is 9.69 Å². The Hall–Kier alpha value is -1.55. The van der Waals surface area contributed by atoms with Crippen LogP contribution in [0.25, 0.3) is 0 Å². The molecule has 0 heterocycles. The van der Waals surface area contributed by atoms with Gasteiger partial charge in [-0.1, -0.05) is 18.2 Å². The second-order valence-electron chi connectivity index (χ2n) is 4.41. The average Bonchev–Trinajstić information content (AvgIpc) is 2.18. The molecule has 0 aliphatic heterocycles. The molecule has 0 bridgehead atoms. The van der Waals surface area contributed by atoms with Gasteiger partial charge in [0, 0.05) is 12.1 Å². The fourth-order valence-electron chi connectivity index (χ4n) is 1.62. The third-order valence-electron chi connectivity index (χ3n) is 2.20. The van der Waals surface area contributed by atoms with Crippen molar-refractivity contribution in [2.45, 2.75) is 26.5 Å². The predicted octanol–water partition coefficient (Wildman–Crippen LogP) is 1.39. The minimum atomic E-state index is -0.324. The van der Waals surface area contributed by atoms with E-state index in [1.807, 2.05) is 50.1 Å². The molecule has 0 unspecified atom stereocenters. The summed E-state index contributed by atoms with van der Waals surface area (Å²) in [5.74, 6) is 0.536. The second kappa shape index (κ2) is 6.25. The number of rotatable bonds is 6. The van der Waals surface area contributed by atoms with Crippen LogP contribution in [-0.4, -0.2) is 30.5 Å². The molecule has 0 atom stereocenters. The number of para-hydroxylation sites is 1. The standard InChI is InChI=1S/C13H20N2O2/c1-10(2)17-12-7-5-4-6-11(12)8-15(3)9-13(14)16/h4-7,10H,8-9H2,1-3H3,(H2,14,16). The van der Waals surface area contributed by atoms with Gasteiger partial charge in [0.1, 0.15) is 5.75 Å². The van der Waals surface area contributed by atoms with Crippen LogP contribution in [0.15, 0.2) is 24.3 Å². The van der Waals surface area contributed by atoms with Crippen molar-refractivity contribution < 1.29 is 9.53 Å². The molecule has 1 rings (SSSR count). The molecule has 0 saturated heterocycles. The minimum Gasteiger partial charge on any atom is -0.491 e. The molecule has 0 radical (unpaired) electrons.